The zero-order valence-electron chi connectivity index (χ0n) is 12.9. The number of hydrogen-bond donors (Lipinski definition) is 1. The first-order valence-electron chi connectivity index (χ1n) is 7.04. The molecule has 1 atom stereocenters. The van der Waals surface area contributed by atoms with Crippen molar-refractivity contribution in [2.75, 3.05) is 6.26 Å². The quantitative estimate of drug-likeness (QED) is 0.841. The van der Waals surface area contributed by atoms with Crippen molar-refractivity contribution in [1.82, 2.24) is 5.32 Å². The Morgan fingerprint density at radius 1 is 1.14 bits per heavy atom. The van der Waals surface area contributed by atoms with E-state index >= 15 is 0 Å². The van der Waals surface area contributed by atoms with Crippen LogP contribution in [0.4, 0.5) is 0 Å². The Morgan fingerprint density at radius 3 is 2.52 bits per heavy atom. The van der Waals surface area contributed by atoms with Crippen molar-refractivity contribution in [2.45, 2.75) is 31.7 Å². The van der Waals surface area contributed by atoms with Crippen LogP contribution in [0.3, 0.4) is 0 Å². The van der Waals surface area contributed by atoms with Crippen LogP contribution in [0.25, 0.3) is 0 Å². The van der Waals surface area contributed by atoms with Crippen LogP contribution < -0.4 is 5.32 Å². The summed E-state index contributed by atoms with van der Waals surface area (Å²) in [6, 6.07) is 14.0. The van der Waals surface area contributed by atoms with E-state index in [0.717, 1.165) is 16.0 Å². The molecule has 0 aliphatic carbocycles. The highest BCUT2D eigenvalue weighted by Crippen LogP contribution is 2.22. The predicted octanol–water partition coefficient (Wildman–Crippen LogP) is 4.52. The van der Waals surface area contributed by atoms with E-state index in [1.54, 1.807) is 11.8 Å². The van der Waals surface area contributed by atoms with E-state index in [-0.39, 0.29) is 11.9 Å². The topological polar surface area (TPSA) is 29.1 Å². The van der Waals surface area contributed by atoms with Crippen molar-refractivity contribution in [3.05, 3.63) is 64.7 Å². The third-order valence-corrected chi connectivity index (χ3v) is 4.39. The van der Waals surface area contributed by atoms with E-state index in [2.05, 4.69) is 37.4 Å². The number of amides is 1. The number of carbonyl (C=O) groups excluding carboxylic acids is 1. The fourth-order valence-corrected chi connectivity index (χ4v) is 3.09. The minimum absolute atomic E-state index is 0.00647. The summed E-state index contributed by atoms with van der Waals surface area (Å²) < 4.78 is 0. The molecule has 0 bridgehead atoms. The molecule has 1 amide bonds. The second-order valence-corrected chi connectivity index (χ2v) is 6.10. The molecule has 1 N–H and O–H groups in total. The zero-order valence-corrected chi connectivity index (χ0v) is 13.8. The van der Waals surface area contributed by atoms with E-state index in [1.165, 1.54) is 11.1 Å². The normalized spacial score (nSPS) is 12.0. The van der Waals surface area contributed by atoms with E-state index < -0.39 is 0 Å². The molecule has 3 heteroatoms. The van der Waals surface area contributed by atoms with Crippen molar-refractivity contribution >= 4 is 17.7 Å². The maximum atomic E-state index is 12.5. The molecule has 0 saturated heterocycles. The minimum Gasteiger partial charge on any atom is -0.345 e. The van der Waals surface area contributed by atoms with Crippen molar-refractivity contribution in [2.24, 2.45) is 0 Å². The summed E-state index contributed by atoms with van der Waals surface area (Å²) in [5.41, 5.74) is 4.35. The summed E-state index contributed by atoms with van der Waals surface area (Å²) in [6.45, 7) is 6.19. The smallest absolute Gasteiger partial charge is 0.252 e. The molecule has 0 aliphatic rings. The molecule has 2 rings (SSSR count). The fraction of sp³-hybridized carbons (Fsp3) is 0.278. The number of rotatable bonds is 4. The summed E-state index contributed by atoms with van der Waals surface area (Å²) in [7, 11) is 0. The summed E-state index contributed by atoms with van der Waals surface area (Å²) in [5.74, 6) is -0.0209. The van der Waals surface area contributed by atoms with Gasteiger partial charge in [0.2, 0.25) is 0 Å². The van der Waals surface area contributed by atoms with E-state index in [0.29, 0.717) is 0 Å². The highest BCUT2D eigenvalue weighted by atomic mass is 32.2. The van der Waals surface area contributed by atoms with Gasteiger partial charge in [0.1, 0.15) is 0 Å². The average molecular weight is 299 g/mol. The van der Waals surface area contributed by atoms with E-state index in [4.69, 9.17) is 0 Å². The molecule has 0 saturated carbocycles. The predicted molar refractivity (Wildman–Crippen MR) is 90.0 cm³/mol. The highest BCUT2D eigenvalue weighted by Gasteiger charge is 2.15. The number of aryl methyl sites for hydroxylation is 2. The molecule has 1 unspecified atom stereocenters. The van der Waals surface area contributed by atoms with E-state index in [9.17, 15) is 4.79 Å². The molecule has 0 heterocycles. The molecule has 2 nitrogen and oxygen atoms in total. The van der Waals surface area contributed by atoms with Crippen LogP contribution >= 0.6 is 11.8 Å². The number of nitrogens with one attached hydrogen (secondary N) is 1. The molecule has 0 aromatic heterocycles. The third-order valence-electron chi connectivity index (χ3n) is 3.59. The summed E-state index contributed by atoms with van der Waals surface area (Å²) in [5, 5.41) is 3.10. The van der Waals surface area contributed by atoms with Crippen LogP contribution in [-0.4, -0.2) is 12.2 Å². The first-order valence-corrected chi connectivity index (χ1v) is 8.26. The van der Waals surface area contributed by atoms with Gasteiger partial charge >= 0.3 is 0 Å². The monoisotopic (exact) mass is 299 g/mol. The van der Waals surface area contributed by atoms with Crippen LogP contribution in [0.15, 0.2) is 47.4 Å². The zero-order chi connectivity index (χ0) is 15.4. The van der Waals surface area contributed by atoms with Gasteiger partial charge in [-0.05, 0) is 50.3 Å². The summed E-state index contributed by atoms with van der Waals surface area (Å²) in [4.78, 5) is 13.5. The van der Waals surface area contributed by atoms with Crippen molar-refractivity contribution < 1.29 is 4.79 Å². The molecule has 2 aromatic rings. The Labute approximate surface area is 131 Å². The fourth-order valence-electron chi connectivity index (χ4n) is 2.50. The van der Waals surface area contributed by atoms with Crippen molar-refractivity contribution in [1.29, 1.82) is 0 Å². The van der Waals surface area contributed by atoms with Gasteiger partial charge in [0, 0.05) is 4.90 Å². The van der Waals surface area contributed by atoms with Gasteiger partial charge in [-0.3, -0.25) is 4.79 Å². The maximum Gasteiger partial charge on any atom is 0.252 e. The Balaban J connectivity index is 2.19. The molecular weight excluding hydrogens is 278 g/mol. The molecule has 0 aliphatic heterocycles. The van der Waals surface area contributed by atoms with Crippen LogP contribution in [0.5, 0.6) is 0 Å². The Bertz CT molecular complexity index is 651. The van der Waals surface area contributed by atoms with Crippen LogP contribution in [0.2, 0.25) is 0 Å². The lowest BCUT2D eigenvalue weighted by Crippen LogP contribution is -2.27. The summed E-state index contributed by atoms with van der Waals surface area (Å²) >= 11 is 1.59. The van der Waals surface area contributed by atoms with Gasteiger partial charge in [0.05, 0.1) is 11.6 Å². The Kier molecular flexibility index (Phi) is 5.07. The lowest BCUT2D eigenvalue weighted by Gasteiger charge is -2.18. The maximum absolute atomic E-state index is 12.5. The molecule has 21 heavy (non-hydrogen) atoms. The molecule has 0 fully saturated rings. The van der Waals surface area contributed by atoms with Gasteiger partial charge < -0.3 is 5.32 Å². The number of hydrogen-bond acceptors (Lipinski definition) is 2. The number of benzene rings is 2. The van der Waals surface area contributed by atoms with E-state index in [1.807, 2.05) is 37.4 Å². The SMILES string of the molecule is CSc1ccccc1C(=O)NC(C)c1ccc(C)cc1C. The van der Waals surface area contributed by atoms with Gasteiger partial charge in [-0.15, -0.1) is 11.8 Å². The molecule has 2 aromatic carbocycles. The van der Waals surface area contributed by atoms with Crippen LogP contribution in [-0.2, 0) is 0 Å². The molecule has 110 valence electrons. The average Bonchev–Trinajstić information content (AvgIpc) is 2.46. The minimum atomic E-state index is -0.0209. The Morgan fingerprint density at radius 2 is 1.86 bits per heavy atom. The van der Waals surface area contributed by atoms with Gasteiger partial charge in [-0.1, -0.05) is 35.9 Å². The lowest BCUT2D eigenvalue weighted by molar-refractivity contribution is 0.0937. The Hall–Kier alpha value is -1.74. The second kappa shape index (κ2) is 6.81. The number of carbonyl (C=O) groups is 1. The van der Waals surface area contributed by atoms with Gasteiger partial charge in [-0.2, -0.15) is 0 Å². The van der Waals surface area contributed by atoms with Crippen LogP contribution in [0, 0.1) is 13.8 Å². The van der Waals surface area contributed by atoms with Crippen LogP contribution in [0.1, 0.15) is 40.0 Å². The molecule has 0 spiro atoms. The lowest BCUT2D eigenvalue weighted by atomic mass is 10.00. The van der Waals surface area contributed by atoms with Gasteiger partial charge in [0.15, 0.2) is 0 Å². The summed E-state index contributed by atoms with van der Waals surface area (Å²) in [6.07, 6.45) is 1.99. The van der Waals surface area contributed by atoms with Gasteiger partial charge in [0.25, 0.3) is 5.91 Å². The molecular formula is C18H21NOS. The third kappa shape index (κ3) is 3.67. The molecule has 0 radical (unpaired) electrons. The highest BCUT2D eigenvalue weighted by molar-refractivity contribution is 7.98. The second-order valence-electron chi connectivity index (χ2n) is 5.26. The first kappa shape index (κ1) is 15.6. The van der Waals surface area contributed by atoms with Crippen molar-refractivity contribution in [3.63, 3.8) is 0 Å². The standard InChI is InChI=1S/C18H21NOS/c1-12-9-10-15(13(2)11-12)14(3)19-18(20)16-7-5-6-8-17(16)21-4/h5-11,14H,1-4H3,(H,19,20). The van der Waals surface area contributed by atoms with Gasteiger partial charge in [-0.25, -0.2) is 0 Å². The first-order chi connectivity index (χ1) is 10.0. The largest absolute Gasteiger partial charge is 0.345 e. The van der Waals surface area contributed by atoms with Crippen molar-refractivity contribution in [3.8, 4) is 0 Å². The number of thioether (sulfide) groups is 1.